The Morgan fingerprint density at radius 1 is 1.08 bits per heavy atom. The van der Waals surface area contributed by atoms with Crippen molar-refractivity contribution in [1.29, 1.82) is 5.26 Å². The van der Waals surface area contributed by atoms with Crippen molar-refractivity contribution in [1.82, 2.24) is 0 Å². The Morgan fingerprint density at radius 2 is 1.81 bits per heavy atom. The van der Waals surface area contributed by atoms with Crippen LogP contribution in [0.15, 0.2) is 72.3 Å². The predicted molar refractivity (Wildman–Crippen MR) is 134 cm³/mol. The van der Waals surface area contributed by atoms with Crippen molar-refractivity contribution in [2.45, 2.75) is 25.8 Å². The lowest BCUT2D eigenvalue weighted by molar-refractivity contribution is -0.132. The Hall–Kier alpha value is -4.90. The molecule has 1 fully saturated rings. The van der Waals surface area contributed by atoms with Gasteiger partial charge in [-0.05, 0) is 78.6 Å². The van der Waals surface area contributed by atoms with Gasteiger partial charge in [0, 0.05) is 18.2 Å². The highest BCUT2D eigenvalue weighted by molar-refractivity contribution is 6.51. The summed E-state index contributed by atoms with van der Waals surface area (Å²) in [5.41, 5.74) is 2.59. The molecule has 8 heteroatoms. The number of aliphatic hydroxyl groups is 1. The number of carbonyl (C=O) groups excluding carboxylic acids is 3. The van der Waals surface area contributed by atoms with Crippen LogP contribution in [0.1, 0.15) is 41.6 Å². The van der Waals surface area contributed by atoms with Crippen molar-refractivity contribution in [3.8, 4) is 17.6 Å². The number of ketones is 1. The summed E-state index contributed by atoms with van der Waals surface area (Å²) in [6.45, 7) is 1.91. The second-order valence-electron chi connectivity index (χ2n) is 8.76. The summed E-state index contributed by atoms with van der Waals surface area (Å²) in [6, 6.07) is 18.9. The minimum atomic E-state index is -0.952. The number of nitrogens with zero attached hydrogens (tertiary/aromatic N) is 2. The average Bonchev–Trinajstić information content (AvgIpc) is 3.18. The summed E-state index contributed by atoms with van der Waals surface area (Å²) in [6.07, 6.45) is 1.62. The van der Waals surface area contributed by atoms with Gasteiger partial charge in [0.15, 0.2) is 0 Å². The molecule has 1 unspecified atom stereocenters. The third kappa shape index (κ3) is 4.43. The summed E-state index contributed by atoms with van der Waals surface area (Å²) < 4.78 is 10.8. The Labute approximate surface area is 213 Å². The number of nitriles is 1. The van der Waals surface area contributed by atoms with Gasteiger partial charge >= 0.3 is 5.97 Å². The number of fused-ring (bicyclic) bond motifs is 1. The number of benzene rings is 3. The summed E-state index contributed by atoms with van der Waals surface area (Å²) in [5.74, 6) is -1.36. The van der Waals surface area contributed by atoms with E-state index >= 15 is 0 Å². The molecule has 0 aromatic heterocycles. The van der Waals surface area contributed by atoms with Crippen molar-refractivity contribution in [3.63, 3.8) is 0 Å². The zero-order chi connectivity index (χ0) is 26.1. The molecule has 3 aromatic rings. The van der Waals surface area contributed by atoms with Gasteiger partial charge in [-0.3, -0.25) is 19.3 Å². The molecule has 2 heterocycles. The first kappa shape index (κ1) is 23.8. The summed E-state index contributed by atoms with van der Waals surface area (Å²) in [7, 11) is 0. The predicted octanol–water partition coefficient (Wildman–Crippen LogP) is 4.43. The fourth-order valence-corrected chi connectivity index (χ4v) is 4.66. The number of aliphatic hydroxyl groups excluding tert-OH is 1. The lowest BCUT2D eigenvalue weighted by Gasteiger charge is -2.25. The van der Waals surface area contributed by atoms with Gasteiger partial charge in [-0.15, -0.1) is 0 Å². The molecule has 0 spiro atoms. The number of anilines is 1. The molecular formula is C29H22N2O6. The molecular weight excluding hydrogens is 472 g/mol. The lowest BCUT2D eigenvalue weighted by Crippen LogP contribution is -2.29. The largest absolute Gasteiger partial charge is 0.507 e. The van der Waals surface area contributed by atoms with Crippen LogP contribution < -0.4 is 14.4 Å². The molecule has 1 N–H and O–H groups in total. The Bertz CT molecular complexity index is 1480. The van der Waals surface area contributed by atoms with E-state index in [0.29, 0.717) is 34.7 Å². The number of carbonyl (C=O) groups is 3. The van der Waals surface area contributed by atoms with E-state index in [1.54, 1.807) is 66.7 Å². The van der Waals surface area contributed by atoms with E-state index in [2.05, 4.69) is 0 Å². The highest BCUT2D eigenvalue weighted by Gasteiger charge is 2.47. The van der Waals surface area contributed by atoms with Crippen LogP contribution in [0, 0.1) is 11.3 Å². The zero-order valence-corrected chi connectivity index (χ0v) is 19.9. The van der Waals surface area contributed by atoms with Crippen molar-refractivity contribution >= 4 is 29.1 Å². The van der Waals surface area contributed by atoms with Crippen molar-refractivity contribution in [2.75, 3.05) is 11.5 Å². The topological polar surface area (TPSA) is 117 Å². The molecule has 1 atom stereocenters. The van der Waals surface area contributed by atoms with Gasteiger partial charge in [0.1, 0.15) is 17.3 Å². The quantitative estimate of drug-likeness (QED) is 0.187. The van der Waals surface area contributed by atoms with Gasteiger partial charge in [0.25, 0.3) is 11.7 Å². The van der Waals surface area contributed by atoms with Crippen LogP contribution in [0.25, 0.3) is 5.76 Å². The molecule has 1 amide bonds. The van der Waals surface area contributed by atoms with Crippen LogP contribution in [-0.4, -0.2) is 29.4 Å². The van der Waals surface area contributed by atoms with E-state index in [4.69, 9.17) is 14.7 Å². The molecule has 184 valence electrons. The van der Waals surface area contributed by atoms with E-state index in [1.165, 1.54) is 11.8 Å². The fraction of sp³-hybridized carbons (Fsp3) is 0.172. The fourth-order valence-electron chi connectivity index (χ4n) is 4.66. The van der Waals surface area contributed by atoms with Crippen LogP contribution in [0.2, 0.25) is 0 Å². The van der Waals surface area contributed by atoms with E-state index < -0.39 is 23.7 Å². The van der Waals surface area contributed by atoms with Crippen LogP contribution in [-0.2, 0) is 20.8 Å². The molecule has 5 rings (SSSR count). The van der Waals surface area contributed by atoms with Crippen LogP contribution in [0.3, 0.4) is 0 Å². The molecule has 8 nitrogen and oxygen atoms in total. The maximum absolute atomic E-state index is 13.4. The molecule has 2 aliphatic rings. The standard InChI is InChI=1S/C29H22N2O6/c1-17(32)37-23-11-6-19(7-12-23)26-25(27(33)21-8-13-24-20(15-21)3-2-14-36-24)28(34)29(35)31(26)22-9-4-18(16-30)5-10-22/h4-13,15,26,33H,2-3,14H2,1H3/b27-25-. The summed E-state index contributed by atoms with van der Waals surface area (Å²) in [4.78, 5) is 39.3. The number of hydrogen-bond acceptors (Lipinski definition) is 7. The first-order valence-electron chi connectivity index (χ1n) is 11.7. The zero-order valence-electron chi connectivity index (χ0n) is 19.9. The third-order valence-corrected chi connectivity index (χ3v) is 6.36. The number of ether oxygens (including phenoxy) is 2. The van der Waals surface area contributed by atoms with Gasteiger partial charge in [0.2, 0.25) is 0 Å². The summed E-state index contributed by atoms with van der Waals surface area (Å²) >= 11 is 0. The first-order valence-corrected chi connectivity index (χ1v) is 11.7. The van der Waals surface area contributed by atoms with Crippen LogP contribution in [0.4, 0.5) is 5.69 Å². The normalized spacial score (nSPS) is 18.1. The van der Waals surface area contributed by atoms with E-state index in [1.807, 2.05) is 6.07 Å². The van der Waals surface area contributed by atoms with Gasteiger partial charge in [-0.2, -0.15) is 5.26 Å². The minimum absolute atomic E-state index is 0.0636. The number of rotatable bonds is 4. The highest BCUT2D eigenvalue weighted by atomic mass is 16.5. The number of aryl methyl sites for hydroxylation is 1. The molecule has 3 aromatic carbocycles. The number of amides is 1. The van der Waals surface area contributed by atoms with Crippen molar-refractivity contribution in [2.24, 2.45) is 0 Å². The maximum Gasteiger partial charge on any atom is 0.308 e. The maximum atomic E-state index is 13.4. The molecule has 2 aliphatic heterocycles. The Morgan fingerprint density at radius 3 is 2.49 bits per heavy atom. The molecule has 0 saturated carbocycles. The monoisotopic (exact) mass is 494 g/mol. The third-order valence-electron chi connectivity index (χ3n) is 6.36. The molecule has 0 aliphatic carbocycles. The second-order valence-corrected chi connectivity index (χ2v) is 8.76. The Balaban J connectivity index is 1.65. The van der Waals surface area contributed by atoms with Gasteiger partial charge in [-0.1, -0.05) is 12.1 Å². The molecule has 1 saturated heterocycles. The van der Waals surface area contributed by atoms with E-state index in [-0.39, 0.29) is 11.3 Å². The van der Waals surface area contributed by atoms with Crippen molar-refractivity contribution < 1.29 is 29.0 Å². The number of hydrogen-bond donors (Lipinski definition) is 1. The van der Waals surface area contributed by atoms with Gasteiger partial charge < -0.3 is 14.6 Å². The summed E-state index contributed by atoms with van der Waals surface area (Å²) in [5, 5.41) is 20.6. The highest BCUT2D eigenvalue weighted by Crippen LogP contribution is 2.43. The van der Waals surface area contributed by atoms with Crippen LogP contribution in [0.5, 0.6) is 11.5 Å². The van der Waals surface area contributed by atoms with E-state index in [9.17, 15) is 19.5 Å². The first-order chi connectivity index (χ1) is 17.9. The van der Waals surface area contributed by atoms with Crippen molar-refractivity contribution in [3.05, 3.63) is 94.6 Å². The molecule has 0 radical (unpaired) electrons. The smallest absolute Gasteiger partial charge is 0.308 e. The second kappa shape index (κ2) is 9.63. The minimum Gasteiger partial charge on any atom is -0.507 e. The SMILES string of the molecule is CC(=O)Oc1ccc(C2/C(=C(/O)c3ccc4c(c3)CCCO4)C(=O)C(=O)N2c2ccc(C#N)cc2)cc1. The van der Waals surface area contributed by atoms with Crippen LogP contribution >= 0.6 is 0 Å². The van der Waals surface area contributed by atoms with Gasteiger partial charge in [0.05, 0.1) is 29.9 Å². The number of esters is 1. The van der Waals surface area contributed by atoms with Gasteiger partial charge in [-0.25, -0.2) is 0 Å². The lowest BCUT2D eigenvalue weighted by atomic mass is 9.93. The van der Waals surface area contributed by atoms with E-state index in [0.717, 1.165) is 24.2 Å². The average molecular weight is 495 g/mol. The molecule has 0 bridgehead atoms. The molecule has 37 heavy (non-hydrogen) atoms. The number of Topliss-reactive ketones (excluding diaryl/α,β-unsaturated/α-hetero) is 1. The Kier molecular flexibility index (Phi) is 6.20.